The van der Waals surface area contributed by atoms with E-state index in [0.717, 1.165) is 4.90 Å². The largest absolute Gasteiger partial charge is 0.418 e. The number of hydrogen-bond acceptors (Lipinski definition) is 6. The van der Waals surface area contributed by atoms with E-state index in [9.17, 15) is 18.0 Å². The fourth-order valence-electron chi connectivity index (χ4n) is 2.31. The molecule has 2 heterocycles. The van der Waals surface area contributed by atoms with Gasteiger partial charge in [0.05, 0.1) is 6.54 Å². The van der Waals surface area contributed by atoms with Gasteiger partial charge in [0, 0.05) is 13.1 Å². The molecule has 1 fully saturated rings. The quantitative estimate of drug-likeness (QED) is 0.402. The zero-order valence-electron chi connectivity index (χ0n) is 11.2. The van der Waals surface area contributed by atoms with E-state index < -0.39 is 34.4 Å². The molecule has 1 saturated heterocycles. The van der Waals surface area contributed by atoms with Crippen LogP contribution in [0.3, 0.4) is 0 Å². The van der Waals surface area contributed by atoms with Crippen molar-refractivity contribution in [2.75, 3.05) is 19.6 Å². The van der Waals surface area contributed by atoms with Gasteiger partial charge in [-0.3, -0.25) is 9.35 Å². The van der Waals surface area contributed by atoms with Gasteiger partial charge in [-0.05, 0) is 12.5 Å². The molecule has 0 unspecified atom stereocenters. The van der Waals surface area contributed by atoms with Crippen LogP contribution >= 0.6 is 0 Å². The molecule has 0 radical (unpaired) electrons. The maximum Gasteiger partial charge on any atom is 0.418 e. The van der Waals surface area contributed by atoms with Crippen molar-refractivity contribution in [3.8, 4) is 0 Å². The Morgan fingerprint density at radius 2 is 2.29 bits per heavy atom. The fraction of sp³-hybridized carbons (Fsp3) is 0.600. The summed E-state index contributed by atoms with van der Waals surface area (Å²) >= 11 is 0. The van der Waals surface area contributed by atoms with E-state index in [1.54, 1.807) is 13.0 Å². The summed E-state index contributed by atoms with van der Waals surface area (Å²) in [5, 5.41) is 3.11. The molecule has 0 aromatic carbocycles. The number of rotatable bonds is 5. The van der Waals surface area contributed by atoms with Gasteiger partial charge in [0.15, 0.2) is 0 Å². The molecule has 2 atom stereocenters. The molecule has 10 nitrogen and oxygen atoms in total. The Morgan fingerprint density at radius 1 is 1.62 bits per heavy atom. The Morgan fingerprint density at radius 3 is 2.86 bits per heavy atom. The van der Waals surface area contributed by atoms with Gasteiger partial charge in [-0.1, -0.05) is 6.08 Å². The highest BCUT2D eigenvalue weighted by Crippen LogP contribution is 2.30. The van der Waals surface area contributed by atoms with Crippen molar-refractivity contribution in [1.29, 1.82) is 0 Å². The molecule has 0 saturated carbocycles. The van der Waals surface area contributed by atoms with E-state index in [2.05, 4.69) is 9.60 Å². The Bertz CT molecular complexity index is 588. The first kappa shape index (κ1) is 15.7. The summed E-state index contributed by atoms with van der Waals surface area (Å²) in [4.78, 5) is 25.3. The Kier molecular flexibility index (Phi) is 4.18. The van der Waals surface area contributed by atoms with Gasteiger partial charge < -0.3 is 16.0 Å². The Labute approximate surface area is 121 Å². The van der Waals surface area contributed by atoms with Crippen LogP contribution in [0.15, 0.2) is 11.6 Å². The molecule has 3 amide bonds. The highest BCUT2D eigenvalue weighted by Gasteiger charge is 2.48. The summed E-state index contributed by atoms with van der Waals surface area (Å²) in [7, 11) is -4.82. The van der Waals surface area contributed by atoms with Gasteiger partial charge in [-0.15, -0.1) is 4.28 Å². The summed E-state index contributed by atoms with van der Waals surface area (Å²) < 4.78 is 34.6. The maximum atomic E-state index is 12.1. The monoisotopic (exact) mass is 320 g/mol. The predicted molar refractivity (Wildman–Crippen MR) is 70.0 cm³/mol. The number of fused-ring (bicyclic) bond motifs is 2. The lowest BCUT2D eigenvalue weighted by molar-refractivity contribution is -0.123. The highest BCUT2D eigenvalue weighted by atomic mass is 32.3. The van der Waals surface area contributed by atoms with Gasteiger partial charge in [0.1, 0.15) is 12.1 Å². The standard InChI is InChI=1S/C10H16N4O6S/c1-6-4-7(9(15)12-3-2-11)13-5-8(6)14(10(13)16)20-21(17,18)19/h4,7-8H,2-3,5,11H2,1H3,(H,12,15)(H,17,18,19)/t7-,8-/m0/s1. The van der Waals surface area contributed by atoms with Crippen LogP contribution in [-0.2, 0) is 19.5 Å². The number of urea groups is 1. The lowest BCUT2D eigenvalue weighted by Crippen LogP contribution is -2.49. The number of carbonyl (C=O) groups is 2. The summed E-state index contributed by atoms with van der Waals surface area (Å²) in [5.41, 5.74) is 5.89. The average Bonchev–Trinajstić information content (AvgIpc) is 2.65. The van der Waals surface area contributed by atoms with Crippen molar-refractivity contribution in [2.45, 2.75) is 19.0 Å². The summed E-state index contributed by atoms with van der Waals surface area (Å²) in [5.74, 6) is -0.416. The second-order valence-corrected chi connectivity index (χ2v) is 5.72. The lowest BCUT2D eigenvalue weighted by Gasteiger charge is -2.27. The topological polar surface area (TPSA) is 142 Å². The number of nitrogens with zero attached hydrogens (tertiary/aromatic N) is 2. The van der Waals surface area contributed by atoms with Crippen LogP contribution < -0.4 is 11.1 Å². The molecular formula is C10H16N4O6S. The molecular weight excluding hydrogens is 304 g/mol. The van der Waals surface area contributed by atoms with E-state index in [-0.39, 0.29) is 19.6 Å². The summed E-state index contributed by atoms with van der Waals surface area (Å²) in [6.45, 7) is 2.26. The van der Waals surface area contributed by atoms with E-state index in [4.69, 9.17) is 10.3 Å². The van der Waals surface area contributed by atoms with Crippen LogP contribution in [0.2, 0.25) is 0 Å². The van der Waals surface area contributed by atoms with Gasteiger partial charge in [-0.25, -0.2) is 4.79 Å². The lowest BCUT2D eigenvalue weighted by atomic mass is 10.0. The van der Waals surface area contributed by atoms with Gasteiger partial charge in [0.25, 0.3) is 0 Å². The molecule has 0 aromatic heterocycles. The second-order valence-electron chi connectivity index (χ2n) is 4.71. The van der Waals surface area contributed by atoms with Gasteiger partial charge >= 0.3 is 16.4 Å². The SMILES string of the molecule is CC1=C[C@@H](C(=O)NCCN)N2C[C@@H]1N(OS(=O)(=O)O)C2=O. The minimum atomic E-state index is -4.82. The Balaban J connectivity index is 2.21. The molecule has 2 rings (SSSR count). The van der Waals surface area contributed by atoms with Crippen molar-refractivity contribution in [1.82, 2.24) is 15.3 Å². The van der Waals surface area contributed by atoms with Crippen LogP contribution in [0.5, 0.6) is 0 Å². The first-order valence-corrected chi connectivity index (χ1v) is 7.54. The van der Waals surface area contributed by atoms with Crippen molar-refractivity contribution in [2.24, 2.45) is 5.73 Å². The minimum Gasteiger partial charge on any atom is -0.353 e. The number of hydrogen-bond donors (Lipinski definition) is 3. The van der Waals surface area contributed by atoms with Crippen molar-refractivity contribution >= 4 is 22.3 Å². The third-order valence-electron chi connectivity index (χ3n) is 3.26. The molecule has 118 valence electrons. The third-order valence-corrected chi connectivity index (χ3v) is 3.60. The van der Waals surface area contributed by atoms with Crippen LogP contribution in [0.4, 0.5) is 4.79 Å². The molecule has 0 aliphatic carbocycles. The molecule has 0 spiro atoms. The summed E-state index contributed by atoms with van der Waals surface area (Å²) in [6, 6.07) is -2.34. The first-order chi connectivity index (χ1) is 9.74. The molecule has 4 N–H and O–H groups in total. The van der Waals surface area contributed by atoms with Gasteiger partial charge in [0.2, 0.25) is 5.91 Å². The average molecular weight is 320 g/mol. The number of carbonyl (C=O) groups excluding carboxylic acids is 2. The van der Waals surface area contributed by atoms with Crippen LogP contribution in [-0.4, -0.2) is 66.6 Å². The molecule has 2 aliphatic rings. The molecule has 0 aromatic rings. The molecule has 2 bridgehead atoms. The molecule has 11 heteroatoms. The van der Waals surface area contributed by atoms with Crippen LogP contribution in [0, 0.1) is 0 Å². The number of nitrogens with one attached hydrogen (secondary N) is 1. The zero-order valence-corrected chi connectivity index (χ0v) is 12.0. The third kappa shape index (κ3) is 3.15. The Hall–Kier alpha value is -1.69. The van der Waals surface area contributed by atoms with Crippen molar-refractivity contribution in [3.05, 3.63) is 11.6 Å². The zero-order chi connectivity index (χ0) is 15.8. The van der Waals surface area contributed by atoms with E-state index >= 15 is 0 Å². The first-order valence-electron chi connectivity index (χ1n) is 6.17. The van der Waals surface area contributed by atoms with E-state index in [1.807, 2.05) is 0 Å². The normalized spacial score (nSPS) is 25.1. The van der Waals surface area contributed by atoms with E-state index in [0.29, 0.717) is 10.6 Å². The number of amides is 3. The predicted octanol–water partition coefficient (Wildman–Crippen LogP) is -1.77. The number of nitrogens with two attached hydrogens (primary N) is 1. The minimum absolute atomic E-state index is 0.0946. The van der Waals surface area contributed by atoms with Crippen LogP contribution in [0.25, 0.3) is 0 Å². The van der Waals surface area contributed by atoms with Gasteiger partial charge in [-0.2, -0.15) is 13.5 Å². The van der Waals surface area contributed by atoms with Crippen molar-refractivity contribution < 1.29 is 26.8 Å². The van der Waals surface area contributed by atoms with E-state index in [1.165, 1.54) is 0 Å². The maximum absolute atomic E-state index is 12.1. The van der Waals surface area contributed by atoms with Crippen molar-refractivity contribution in [3.63, 3.8) is 0 Å². The summed E-state index contributed by atoms with van der Waals surface area (Å²) in [6.07, 6.45) is 1.55. The second kappa shape index (κ2) is 5.60. The fourth-order valence-corrected chi connectivity index (χ4v) is 2.68. The molecule has 2 aliphatic heterocycles. The number of hydroxylamine groups is 2. The van der Waals surface area contributed by atoms with Crippen LogP contribution in [0.1, 0.15) is 6.92 Å². The highest BCUT2D eigenvalue weighted by molar-refractivity contribution is 7.80. The molecule has 21 heavy (non-hydrogen) atoms. The smallest absolute Gasteiger partial charge is 0.353 e.